The molecule has 3 nitrogen and oxygen atoms in total. The minimum Gasteiger partial charge on any atom is -0.298 e. The molecule has 1 amide bonds. The molecule has 1 N–H and O–H groups in total. The zero-order valence-corrected chi connectivity index (χ0v) is 14.8. The van der Waals surface area contributed by atoms with E-state index in [1.54, 1.807) is 11.8 Å². The number of carbonyl (C=O) groups is 1. The van der Waals surface area contributed by atoms with Crippen LogP contribution in [0.4, 0.5) is 5.13 Å². The van der Waals surface area contributed by atoms with Crippen LogP contribution < -0.4 is 5.32 Å². The van der Waals surface area contributed by atoms with Crippen molar-refractivity contribution in [2.45, 2.75) is 25.2 Å². The molecule has 0 aliphatic carbocycles. The predicted octanol–water partition coefficient (Wildman–Crippen LogP) is 5.22. The van der Waals surface area contributed by atoms with Gasteiger partial charge in [-0.15, -0.1) is 11.8 Å². The third-order valence-electron chi connectivity index (χ3n) is 3.54. The molecule has 0 aliphatic heterocycles. The van der Waals surface area contributed by atoms with Crippen LogP contribution in [0.5, 0.6) is 0 Å². The van der Waals surface area contributed by atoms with Crippen molar-refractivity contribution in [3.63, 3.8) is 0 Å². The van der Waals surface area contributed by atoms with Crippen molar-refractivity contribution in [2.75, 3.05) is 11.1 Å². The fourth-order valence-corrected chi connectivity index (χ4v) is 4.16. The van der Waals surface area contributed by atoms with E-state index in [9.17, 15) is 4.79 Å². The van der Waals surface area contributed by atoms with Crippen LogP contribution in [0.1, 0.15) is 29.8 Å². The van der Waals surface area contributed by atoms with Gasteiger partial charge in [-0.05, 0) is 35.9 Å². The van der Waals surface area contributed by atoms with Crippen molar-refractivity contribution >= 4 is 44.4 Å². The van der Waals surface area contributed by atoms with E-state index in [0.29, 0.717) is 10.7 Å². The van der Waals surface area contributed by atoms with Gasteiger partial charge in [0.05, 0.1) is 15.8 Å². The number of carbonyl (C=O) groups excluding carboxylic acids is 1. The van der Waals surface area contributed by atoms with E-state index in [-0.39, 0.29) is 5.91 Å². The van der Waals surface area contributed by atoms with E-state index < -0.39 is 0 Å². The lowest BCUT2D eigenvalue weighted by atomic mass is 10.1. The SMILES string of the molecule is CCSc1ccccc1C(=O)Nc1nc2c(CC)cccc2s1. The van der Waals surface area contributed by atoms with E-state index in [2.05, 4.69) is 30.2 Å². The first kappa shape index (κ1) is 16.0. The highest BCUT2D eigenvalue weighted by atomic mass is 32.2. The molecule has 2 aromatic carbocycles. The molecule has 5 heteroatoms. The standard InChI is InChI=1S/C18H18N2OS2/c1-3-12-8-7-11-15-16(12)19-18(23-15)20-17(21)13-9-5-6-10-14(13)22-4-2/h5-11H,3-4H2,1-2H3,(H,19,20,21). The molecule has 0 saturated carbocycles. The lowest BCUT2D eigenvalue weighted by Gasteiger charge is -2.07. The number of fused-ring (bicyclic) bond motifs is 1. The molecule has 0 unspecified atom stereocenters. The summed E-state index contributed by atoms with van der Waals surface area (Å²) in [5.74, 6) is 0.837. The topological polar surface area (TPSA) is 42.0 Å². The van der Waals surface area contributed by atoms with E-state index in [1.807, 2.05) is 36.4 Å². The Kier molecular flexibility index (Phi) is 4.98. The quantitative estimate of drug-likeness (QED) is 0.646. The van der Waals surface area contributed by atoms with Crippen molar-refractivity contribution in [2.24, 2.45) is 0 Å². The Morgan fingerprint density at radius 2 is 2.00 bits per heavy atom. The van der Waals surface area contributed by atoms with Gasteiger partial charge in [-0.1, -0.05) is 49.4 Å². The van der Waals surface area contributed by atoms with Crippen LogP contribution in [-0.2, 0) is 6.42 Å². The first-order chi connectivity index (χ1) is 11.2. The van der Waals surface area contributed by atoms with Crippen LogP contribution in [0.2, 0.25) is 0 Å². The Balaban J connectivity index is 1.89. The molecule has 0 radical (unpaired) electrons. The number of anilines is 1. The number of rotatable bonds is 5. The Labute approximate surface area is 144 Å². The number of nitrogens with one attached hydrogen (secondary N) is 1. The molecular weight excluding hydrogens is 324 g/mol. The van der Waals surface area contributed by atoms with Gasteiger partial charge < -0.3 is 0 Å². The summed E-state index contributed by atoms with van der Waals surface area (Å²) in [5.41, 5.74) is 2.90. The summed E-state index contributed by atoms with van der Waals surface area (Å²) in [7, 11) is 0. The van der Waals surface area contributed by atoms with Gasteiger partial charge in [-0.25, -0.2) is 4.98 Å². The number of aromatic nitrogens is 1. The molecule has 0 fully saturated rings. The van der Waals surface area contributed by atoms with Crippen LogP contribution in [0.25, 0.3) is 10.2 Å². The zero-order valence-electron chi connectivity index (χ0n) is 13.1. The molecule has 3 rings (SSSR count). The summed E-state index contributed by atoms with van der Waals surface area (Å²) in [4.78, 5) is 18.2. The van der Waals surface area contributed by atoms with Crippen molar-refractivity contribution in [3.05, 3.63) is 53.6 Å². The normalized spacial score (nSPS) is 10.9. The Morgan fingerprint density at radius 3 is 2.78 bits per heavy atom. The third-order valence-corrected chi connectivity index (χ3v) is 5.43. The summed E-state index contributed by atoms with van der Waals surface area (Å²) in [6, 6.07) is 13.9. The van der Waals surface area contributed by atoms with Gasteiger partial charge in [0.25, 0.3) is 5.91 Å². The number of aryl methyl sites for hydroxylation is 1. The highest BCUT2D eigenvalue weighted by Gasteiger charge is 2.14. The van der Waals surface area contributed by atoms with E-state index in [1.165, 1.54) is 16.9 Å². The van der Waals surface area contributed by atoms with Crippen molar-refractivity contribution in [1.82, 2.24) is 4.98 Å². The maximum absolute atomic E-state index is 12.6. The molecule has 1 aromatic heterocycles. The second kappa shape index (κ2) is 7.15. The van der Waals surface area contributed by atoms with E-state index in [0.717, 1.165) is 27.3 Å². The highest BCUT2D eigenvalue weighted by Crippen LogP contribution is 2.29. The zero-order chi connectivity index (χ0) is 16.2. The summed E-state index contributed by atoms with van der Waals surface area (Å²) in [5, 5.41) is 3.61. The van der Waals surface area contributed by atoms with Crippen LogP contribution in [0.15, 0.2) is 47.4 Å². The van der Waals surface area contributed by atoms with Gasteiger partial charge in [-0.3, -0.25) is 10.1 Å². The number of benzene rings is 2. The molecule has 0 saturated heterocycles. The first-order valence-corrected chi connectivity index (χ1v) is 9.44. The van der Waals surface area contributed by atoms with Crippen LogP contribution in [0.3, 0.4) is 0 Å². The fraction of sp³-hybridized carbons (Fsp3) is 0.222. The minimum atomic E-state index is -0.0985. The van der Waals surface area contributed by atoms with Gasteiger partial charge in [0.2, 0.25) is 0 Å². The van der Waals surface area contributed by atoms with Gasteiger partial charge in [0.15, 0.2) is 5.13 Å². The van der Waals surface area contributed by atoms with E-state index in [4.69, 9.17) is 0 Å². The number of nitrogens with zero attached hydrogens (tertiary/aromatic N) is 1. The molecule has 0 atom stereocenters. The molecule has 3 aromatic rings. The smallest absolute Gasteiger partial charge is 0.258 e. The Morgan fingerprint density at radius 1 is 1.17 bits per heavy atom. The predicted molar refractivity (Wildman–Crippen MR) is 99.8 cm³/mol. The third kappa shape index (κ3) is 3.41. The van der Waals surface area contributed by atoms with Crippen molar-refractivity contribution in [1.29, 1.82) is 0 Å². The summed E-state index contributed by atoms with van der Waals surface area (Å²) >= 11 is 3.19. The molecule has 0 aliphatic rings. The van der Waals surface area contributed by atoms with Crippen LogP contribution in [-0.4, -0.2) is 16.6 Å². The second-order valence-electron chi connectivity index (χ2n) is 5.02. The maximum atomic E-state index is 12.6. The number of hydrogen-bond donors (Lipinski definition) is 1. The lowest BCUT2D eigenvalue weighted by molar-refractivity contribution is 0.102. The van der Waals surface area contributed by atoms with Crippen molar-refractivity contribution in [3.8, 4) is 0 Å². The highest BCUT2D eigenvalue weighted by molar-refractivity contribution is 7.99. The fourth-order valence-electron chi connectivity index (χ4n) is 2.44. The van der Waals surface area contributed by atoms with Gasteiger partial charge in [-0.2, -0.15) is 0 Å². The Hall–Kier alpha value is -1.85. The molecular formula is C18H18N2OS2. The molecule has 23 heavy (non-hydrogen) atoms. The minimum absolute atomic E-state index is 0.0985. The van der Waals surface area contributed by atoms with E-state index >= 15 is 0 Å². The summed E-state index contributed by atoms with van der Waals surface area (Å²) < 4.78 is 1.11. The number of thiazole rings is 1. The van der Waals surface area contributed by atoms with Gasteiger partial charge >= 0.3 is 0 Å². The largest absolute Gasteiger partial charge is 0.298 e. The number of hydrogen-bond acceptors (Lipinski definition) is 4. The number of thioether (sulfide) groups is 1. The number of para-hydroxylation sites is 1. The Bertz CT molecular complexity index is 842. The number of amides is 1. The molecule has 118 valence electrons. The summed E-state index contributed by atoms with van der Waals surface area (Å²) in [6.07, 6.45) is 0.935. The van der Waals surface area contributed by atoms with Crippen LogP contribution in [0, 0.1) is 0 Å². The average Bonchev–Trinajstić information content (AvgIpc) is 2.97. The maximum Gasteiger partial charge on any atom is 0.258 e. The molecule has 0 bridgehead atoms. The van der Waals surface area contributed by atoms with Crippen molar-refractivity contribution < 1.29 is 4.79 Å². The van der Waals surface area contributed by atoms with Crippen LogP contribution >= 0.6 is 23.1 Å². The molecule has 0 spiro atoms. The molecule has 1 heterocycles. The first-order valence-electron chi connectivity index (χ1n) is 7.64. The van der Waals surface area contributed by atoms with Gasteiger partial charge in [0, 0.05) is 4.90 Å². The second-order valence-corrected chi connectivity index (χ2v) is 7.36. The monoisotopic (exact) mass is 342 g/mol. The summed E-state index contributed by atoms with van der Waals surface area (Å²) in [6.45, 7) is 4.20. The van der Waals surface area contributed by atoms with Gasteiger partial charge in [0.1, 0.15) is 0 Å². The average molecular weight is 342 g/mol. The lowest BCUT2D eigenvalue weighted by Crippen LogP contribution is -2.12.